The zero-order chi connectivity index (χ0) is 22.8. The van der Waals surface area contributed by atoms with Crippen LogP contribution in [-0.4, -0.2) is 56.9 Å². The molecule has 0 spiro atoms. The summed E-state index contributed by atoms with van der Waals surface area (Å²) in [5, 5.41) is 13.4. The number of aromatic amines is 1. The van der Waals surface area contributed by atoms with E-state index in [2.05, 4.69) is 30.2 Å². The van der Waals surface area contributed by atoms with E-state index in [1.54, 1.807) is 25.6 Å². The van der Waals surface area contributed by atoms with Crippen LogP contribution in [0.15, 0.2) is 42.7 Å². The van der Waals surface area contributed by atoms with Crippen molar-refractivity contribution < 1.29 is 14.6 Å². The average Bonchev–Trinajstić information content (AvgIpc) is 3.27. The number of H-pyrrole nitrogens is 1. The molecule has 2 unspecified atom stereocenters. The molecule has 4 aromatic rings. The molecule has 0 fully saturated rings. The lowest BCUT2D eigenvalue weighted by atomic mass is 9.94. The number of nitrogens with one attached hydrogen (secondary N) is 2. The first kappa shape index (κ1) is 21.3. The Hall–Kier alpha value is -3.60. The fourth-order valence-electron chi connectivity index (χ4n) is 3.96. The second-order valence-electron chi connectivity index (χ2n) is 7.95. The highest BCUT2D eigenvalue weighted by Crippen LogP contribution is 2.34. The first-order valence-electron chi connectivity index (χ1n) is 10.7. The summed E-state index contributed by atoms with van der Waals surface area (Å²) < 4.78 is 11.0. The van der Waals surface area contributed by atoms with Crippen molar-refractivity contribution in [2.75, 3.05) is 32.6 Å². The standard InChI is InChI=1S/C23H25N7O3/c1-32-7-6-25-22(31)13-2-3-19-14(8-13)9-16(12-33-19)20-28-18-10-15(11-27-21(18)30-20)17-4-5-26-23(24)29-17/h2-5,8,10-11,16,22,25,31H,6-7,9,12H2,1H3,(H2,24,26,29)(H,27,28,30). The third-order valence-corrected chi connectivity index (χ3v) is 5.66. The van der Waals surface area contributed by atoms with Gasteiger partial charge < -0.3 is 25.3 Å². The molecule has 4 heterocycles. The van der Waals surface area contributed by atoms with Crippen LogP contribution in [0.25, 0.3) is 22.4 Å². The molecule has 3 aromatic heterocycles. The van der Waals surface area contributed by atoms with Gasteiger partial charge in [-0.15, -0.1) is 0 Å². The molecule has 0 saturated heterocycles. The summed E-state index contributed by atoms with van der Waals surface area (Å²) in [5.41, 5.74) is 10.5. The highest BCUT2D eigenvalue weighted by Gasteiger charge is 2.25. The predicted molar refractivity (Wildman–Crippen MR) is 123 cm³/mol. The van der Waals surface area contributed by atoms with Crippen LogP contribution < -0.4 is 15.8 Å². The number of nitrogen functional groups attached to an aromatic ring is 1. The van der Waals surface area contributed by atoms with Gasteiger partial charge in [0.1, 0.15) is 17.8 Å². The first-order valence-corrected chi connectivity index (χ1v) is 10.7. The average molecular weight is 447 g/mol. The maximum atomic E-state index is 10.4. The Kier molecular flexibility index (Phi) is 5.86. The molecule has 10 nitrogen and oxygen atoms in total. The second-order valence-corrected chi connectivity index (χ2v) is 7.95. The molecule has 5 N–H and O–H groups in total. The third kappa shape index (κ3) is 4.49. The number of aliphatic hydroxyl groups is 1. The van der Waals surface area contributed by atoms with Crippen molar-refractivity contribution in [2.24, 2.45) is 0 Å². The fraction of sp³-hybridized carbons (Fsp3) is 0.304. The number of aliphatic hydroxyl groups excluding tert-OH is 1. The number of pyridine rings is 1. The minimum absolute atomic E-state index is 0.0405. The summed E-state index contributed by atoms with van der Waals surface area (Å²) in [6.45, 7) is 1.60. The molecule has 0 radical (unpaired) electrons. The summed E-state index contributed by atoms with van der Waals surface area (Å²) in [5.74, 6) is 1.90. The van der Waals surface area contributed by atoms with Crippen molar-refractivity contribution in [3.05, 3.63) is 59.7 Å². The number of hydrogen-bond donors (Lipinski definition) is 4. The monoisotopic (exact) mass is 447 g/mol. The van der Waals surface area contributed by atoms with Gasteiger partial charge in [0.25, 0.3) is 0 Å². The minimum Gasteiger partial charge on any atom is -0.493 e. The van der Waals surface area contributed by atoms with E-state index in [0.29, 0.717) is 31.1 Å². The Morgan fingerprint density at radius 3 is 3.03 bits per heavy atom. The van der Waals surface area contributed by atoms with E-state index in [1.807, 2.05) is 24.3 Å². The SMILES string of the molecule is COCCNC(O)c1ccc2c(c1)CC(c1nc3ncc(-c4ccnc(N)n4)cc3[nH]1)CO2. The van der Waals surface area contributed by atoms with Crippen LogP contribution >= 0.6 is 0 Å². The van der Waals surface area contributed by atoms with E-state index in [-0.39, 0.29) is 11.9 Å². The van der Waals surface area contributed by atoms with E-state index in [4.69, 9.17) is 15.2 Å². The lowest BCUT2D eigenvalue weighted by Gasteiger charge is -2.25. The molecule has 170 valence electrons. The first-order chi connectivity index (χ1) is 16.1. The summed E-state index contributed by atoms with van der Waals surface area (Å²) >= 11 is 0. The van der Waals surface area contributed by atoms with Gasteiger partial charge in [-0.2, -0.15) is 0 Å². The predicted octanol–water partition coefficient (Wildman–Crippen LogP) is 1.94. The van der Waals surface area contributed by atoms with Crippen molar-refractivity contribution in [2.45, 2.75) is 18.6 Å². The van der Waals surface area contributed by atoms with E-state index in [1.165, 1.54) is 0 Å². The zero-order valence-corrected chi connectivity index (χ0v) is 18.2. The number of aromatic nitrogens is 5. The largest absolute Gasteiger partial charge is 0.493 e. The summed E-state index contributed by atoms with van der Waals surface area (Å²) in [4.78, 5) is 20.8. The molecule has 10 heteroatoms. The minimum atomic E-state index is -0.768. The van der Waals surface area contributed by atoms with E-state index < -0.39 is 6.23 Å². The molecule has 0 aliphatic carbocycles. The Morgan fingerprint density at radius 1 is 1.27 bits per heavy atom. The Labute approximate surface area is 190 Å². The number of nitrogens with zero attached hydrogens (tertiary/aromatic N) is 4. The van der Waals surface area contributed by atoms with Gasteiger partial charge in [0.05, 0.1) is 30.3 Å². The second kappa shape index (κ2) is 9.10. The van der Waals surface area contributed by atoms with Crippen LogP contribution in [0.1, 0.15) is 29.1 Å². The van der Waals surface area contributed by atoms with Crippen molar-refractivity contribution in [1.82, 2.24) is 30.2 Å². The number of ether oxygens (including phenoxy) is 2. The lowest BCUT2D eigenvalue weighted by molar-refractivity contribution is 0.119. The van der Waals surface area contributed by atoms with E-state index in [0.717, 1.165) is 40.2 Å². The highest BCUT2D eigenvalue weighted by molar-refractivity contribution is 5.77. The number of rotatable bonds is 7. The van der Waals surface area contributed by atoms with Crippen LogP contribution in [0.4, 0.5) is 5.95 Å². The van der Waals surface area contributed by atoms with Gasteiger partial charge in [-0.25, -0.2) is 19.9 Å². The fourth-order valence-corrected chi connectivity index (χ4v) is 3.96. The summed E-state index contributed by atoms with van der Waals surface area (Å²) in [6.07, 6.45) is 3.32. The Bertz CT molecular complexity index is 1280. The molecule has 1 aliphatic heterocycles. The van der Waals surface area contributed by atoms with Crippen LogP contribution in [0.5, 0.6) is 5.75 Å². The third-order valence-electron chi connectivity index (χ3n) is 5.66. The summed E-state index contributed by atoms with van der Waals surface area (Å²) in [6, 6.07) is 9.50. The van der Waals surface area contributed by atoms with Gasteiger partial charge in [-0.05, 0) is 41.8 Å². The van der Waals surface area contributed by atoms with Gasteiger partial charge in [0.15, 0.2) is 5.65 Å². The van der Waals surface area contributed by atoms with Crippen LogP contribution in [0.3, 0.4) is 0 Å². The highest BCUT2D eigenvalue weighted by atomic mass is 16.5. The van der Waals surface area contributed by atoms with Crippen LogP contribution in [-0.2, 0) is 11.2 Å². The molecule has 0 saturated carbocycles. The molecule has 1 aromatic carbocycles. The Morgan fingerprint density at radius 2 is 2.18 bits per heavy atom. The van der Waals surface area contributed by atoms with Crippen molar-refractivity contribution >= 4 is 17.1 Å². The normalized spacial score (nSPS) is 16.4. The molecule has 2 atom stereocenters. The summed E-state index contributed by atoms with van der Waals surface area (Å²) in [7, 11) is 1.63. The maximum absolute atomic E-state index is 10.4. The Balaban J connectivity index is 1.36. The van der Waals surface area contributed by atoms with Crippen molar-refractivity contribution in [3.63, 3.8) is 0 Å². The lowest BCUT2D eigenvalue weighted by Crippen LogP contribution is -2.25. The number of imidazole rings is 1. The van der Waals surface area contributed by atoms with E-state index in [9.17, 15) is 5.11 Å². The van der Waals surface area contributed by atoms with Crippen molar-refractivity contribution in [1.29, 1.82) is 0 Å². The number of nitrogens with two attached hydrogens (primary N) is 1. The quantitative estimate of drug-likeness (QED) is 0.247. The molecular formula is C23H25N7O3. The molecule has 1 aliphatic rings. The number of anilines is 1. The van der Waals surface area contributed by atoms with Crippen molar-refractivity contribution in [3.8, 4) is 17.0 Å². The molecule has 0 bridgehead atoms. The number of hydrogen-bond acceptors (Lipinski definition) is 9. The smallest absolute Gasteiger partial charge is 0.220 e. The van der Waals surface area contributed by atoms with Crippen LogP contribution in [0.2, 0.25) is 0 Å². The molecule has 33 heavy (non-hydrogen) atoms. The number of methoxy groups -OCH3 is 1. The van der Waals surface area contributed by atoms with Gasteiger partial charge in [0.2, 0.25) is 5.95 Å². The molecular weight excluding hydrogens is 422 g/mol. The van der Waals surface area contributed by atoms with Crippen LogP contribution in [0, 0.1) is 0 Å². The number of fused-ring (bicyclic) bond motifs is 2. The number of benzene rings is 1. The van der Waals surface area contributed by atoms with Gasteiger partial charge in [-0.3, -0.25) is 5.32 Å². The van der Waals surface area contributed by atoms with Gasteiger partial charge >= 0.3 is 0 Å². The molecule has 0 amide bonds. The van der Waals surface area contributed by atoms with Gasteiger partial charge in [0, 0.05) is 31.6 Å². The molecule has 5 rings (SSSR count). The zero-order valence-electron chi connectivity index (χ0n) is 18.2. The van der Waals surface area contributed by atoms with Gasteiger partial charge in [-0.1, -0.05) is 6.07 Å². The topological polar surface area (TPSA) is 144 Å². The van der Waals surface area contributed by atoms with E-state index >= 15 is 0 Å². The maximum Gasteiger partial charge on any atom is 0.220 e.